The van der Waals surface area contributed by atoms with E-state index in [2.05, 4.69) is 10.6 Å². The van der Waals surface area contributed by atoms with Crippen LogP contribution in [0, 0.1) is 23.2 Å². The first-order valence-corrected chi connectivity index (χ1v) is 13.4. The molecule has 4 aliphatic rings. The van der Waals surface area contributed by atoms with Crippen molar-refractivity contribution < 1.29 is 22.7 Å². The summed E-state index contributed by atoms with van der Waals surface area (Å²) in [4.78, 5) is 25.9. The summed E-state index contributed by atoms with van der Waals surface area (Å²) in [5.74, 6) is 1.88. The van der Waals surface area contributed by atoms with Crippen LogP contribution < -0.4 is 15.4 Å². The minimum atomic E-state index is -3.68. The molecule has 0 aliphatic heterocycles. The summed E-state index contributed by atoms with van der Waals surface area (Å²) >= 11 is 0. The molecule has 2 amide bonds. The Kier molecular flexibility index (Phi) is 6.73. The molecule has 0 unspecified atom stereocenters. The molecule has 8 nitrogen and oxygen atoms in total. The summed E-state index contributed by atoms with van der Waals surface area (Å²) in [6, 6.07) is 4.41. The number of carbonyl (C=O) groups excluding carboxylic acids is 2. The number of sulfonamides is 1. The van der Waals surface area contributed by atoms with Crippen LogP contribution in [0.3, 0.4) is 0 Å². The molecular weight excluding hydrogens is 442 g/mol. The van der Waals surface area contributed by atoms with Crippen molar-refractivity contribution in [3.8, 4) is 5.75 Å². The quantitative estimate of drug-likeness (QED) is 0.569. The minimum Gasteiger partial charge on any atom is -0.495 e. The number of carbonyl (C=O) groups is 2. The number of nitrogens with zero attached hydrogens (tertiary/aromatic N) is 1. The molecule has 0 saturated heterocycles. The molecule has 4 aliphatic carbocycles. The van der Waals surface area contributed by atoms with E-state index in [4.69, 9.17) is 4.74 Å². The molecule has 4 fully saturated rings. The number of amides is 2. The molecule has 5 rings (SSSR count). The molecule has 0 aromatic heterocycles. The first-order valence-electron chi connectivity index (χ1n) is 12.0. The van der Waals surface area contributed by atoms with Crippen LogP contribution >= 0.6 is 0 Å². The van der Waals surface area contributed by atoms with Gasteiger partial charge in [0.15, 0.2) is 0 Å². The van der Waals surface area contributed by atoms with Crippen LogP contribution in [0.1, 0.15) is 52.4 Å². The molecule has 0 atom stereocenters. The van der Waals surface area contributed by atoms with Gasteiger partial charge >= 0.3 is 0 Å². The van der Waals surface area contributed by atoms with Crippen molar-refractivity contribution >= 4 is 27.5 Å². The van der Waals surface area contributed by atoms with Crippen molar-refractivity contribution in [1.29, 1.82) is 0 Å². The first kappa shape index (κ1) is 24.0. The fraction of sp³-hybridized carbons (Fsp3) is 0.667. The SMILES string of the molecule is CCN(CC)S(=O)(=O)c1ccc(OC)c(NC(=O)CNC(=O)C23CC4CC(CC(C4)C2)C3)c1. The Labute approximate surface area is 196 Å². The summed E-state index contributed by atoms with van der Waals surface area (Å²) in [6.07, 6.45) is 6.56. The average molecular weight is 478 g/mol. The highest BCUT2D eigenvalue weighted by molar-refractivity contribution is 7.89. The highest BCUT2D eigenvalue weighted by Crippen LogP contribution is 2.60. The van der Waals surface area contributed by atoms with Gasteiger partial charge in [-0.1, -0.05) is 13.8 Å². The summed E-state index contributed by atoms with van der Waals surface area (Å²) in [6.45, 7) is 4.10. The highest BCUT2D eigenvalue weighted by Gasteiger charge is 2.54. The first-order chi connectivity index (χ1) is 15.7. The van der Waals surface area contributed by atoms with Crippen molar-refractivity contribution in [2.45, 2.75) is 57.3 Å². The zero-order chi connectivity index (χ0) is 23.8. The molecule has 0 radical (unpaired) electrons. The van der Waals surface area contributed by atoms with Crippen LogP contribution in [-0.2, 0) is 19.6 Å². The van der Waals surface area contributed by atoms with Crippen LogP contribution in [0.15, 0.2) is 23.1 Å². The standard InChI is InChI=1S/C24H35N3O5S/c1-4-27(5-2)33(30,31)19-6-7-21(32-3)20(11-19)26-22(28)15-25-23(29)24-12-16-8-17(13-24)10-18(9-16)14-24/h6-7,11,16-18H,4-5,8-10,12-15H2,1-3H3,(H,25,29)(H,26,28). The predicted molar refractivity (Wildman–Crippen MR) is 125 cm³/mol. The van der Waals surface area contributed by atoms with E-state index in [0.717, 1.165) is 19.3 Å². The van der Waals surface area contributed by atoms with Gasteiger partial charge in [0.05, 0.1) is 24.2 Å². The van der Waals surface area contributed by atoms with Crippen molar-refractivity contribution in [1.82, 2.24) is 9.62 Å². The molecule has 1 aromatic carbocycles. The molecule has 4 saturated carbocycles. The van der Waals surface area contributed by atoms with Gasteiger partial charge in [-0.25, -0.2) is 8.42 Å². The molecule has 9 heteroatoms. The van der Waals surface area contributed by atoms with E-state index in [-0.39, 0.29) is 28.4 Å². The molecule has 2 N–H and O–H groups in total. The number of anilines is 1. The number of rotatable bonds is 9. The van der Waals surface area contributed by atoms with Gasteiger partial charge in [-0.15, -0.1) is 0 Å². The molecule has 182 valence electrons. The Morgan fingerprint density at radius 3 is 2.15 bits per heavy atom. The maximum absolute atomic E-state index is 13.1. The topological polar surface area (TPSA) is 105 Å². The molecule has 4 bridgehead atoms. The number of hydrogen-bond acceptors (Lipinski definition) is 5. The number of hydrogen-bond donors (Lipinski definition) is 2. The summed E-state index contributed by atoms with van der Waals surface area (Å²) in [7, 11) is -2.22. The lowest BCUT2D eigenvalue weighted by Gasteiger charge is -2.55. The lowest BCUT2D eigenvalue weighted by atomic mass is 9.49. The zero-order valence-electron chi connectivity index (χ0n) is 19.7. The smallest absolute Gasteiger partial charge is 0.243 e. The van der Waals surface area contributed by atoms with Crippen LogP contribution in [0.5, 0.6) is 5.75 Å². The van der Waals surface area contributed by atoms with Gasteiger partial charge in [-0.2, -0.15) is 4.31 Å². The van der Waals surface area contributed by atoms with Gasteiger partial charge in [-0.05, 0) is 74.5 Å². The Balaban J connectivity index is 1.42. The summed E-state index contributed by atoms with van der Waals surface area (Å²) < 4.78 is 32.4. The number of nitrogens with one attached hydrogen (secondary N) is 2. The number of ether oxygens (including phenoxy) is 1. The second-order valence-electron chi connectivity index (χ2n) is 9.88. The third kappa shape index (κ3) is 4.62. The lowest BCUT2D eigenvalue weighted by Crippen LogP contribution is -2.54. The second-order valence-corrected chi connectivity index (χ2v) is 11.8. The molecule has 33 heavy (non-hydrogen) atoms. The highest BCUT2D eigenvalue weighted by atomic mass is 32.2. The average Bonchev–Trinajstić information content (AvgIpc) is 2.77. The Hall–Kier alpha value is -2.13. The third-order valence-corrected chi connectivity index (χ3v) is 9.76. The lowest BCUT2D eigenvalue weighted by molar-refractivity contribution is -0.146. The van der Waals surface area contributed by atoms with E-state index in [1.54, 1.807) is 13.8 Å². The van der Waals surface area contributed by atoms with Gasteiger partial charge in [0.25, 0.3) is 0 Å². The second kappa shape index (κ2) is 9.25. The van der Waals surface area contributed by atoms with Crippen LogP contribution in [0.25, 0.3) is 0 Å². The third-order valence-electron chi connectivity index (χ3n) is 7.72. The Morgan fingerprint density at radius 2 is 1.64 bits per heavy atom. The predicted octanol–water partition coefficient (Wildman–Crippen LogP) is 3.00. The van der Waals surface area contributed by atoms with Crippen molar-refractivity contribution in [2.24, 2.45) is 23.2 Å². The van der Waals surface area contributed by atoms with E-state index in [1.807, 2.05) is 0 Å². The molecule has 0 heterocycles. The van der Waals surface area contributed by atoms with Crippen molar-refractivity contribution in [3.05, 3.63) is 18.2 Å². The van der Waals surface area contributed by atoms with Crippen molar-refractivity contribution in [2.75, 3.05) is 32.1 Å². The number of methoxy groups -OCH3 is 1. The van der Waals surface area contributed by atoms with Crippen LogP contribution in [-0.4, -0.2) is 51.3 Å². The van der Waals surface area contributed by atoms with E-state index < -0.39 is 15.9 Å². The Bertz CT molecular complexity index is 984. The maximum atomic E-state index is 13.1. The molecule has 0 spiro atoms. The van der Waals surface area contributed by atoms with Gasteiger partial charge < -0.3 is 15.4 Å². The van der Waals surface area contributed by atoms with E-state index in [1.165, 1.54) is 48.9 Å². The fourth-order valence-corrected chi connectivity index (χ4v) is 8.07. The molecule has 1 aromatic rings. The van der Waals surface area contributed by atoms with E-state index in [9.17, 15) is 18.0 Å². The fourth-order valence-electron chi connectivity index (χ4n) is 6.59. The summed E-state index contributed by atoms with van der Waals surface area (Å²) in [5.41, 5.74) is -0.0513. The van der Waals surface area contributed by atoms with Crippen LogP contribution in [0.2, 0.25) is 0 Å². The number of benzene rings is 1. The monoisotopic (exact) mass is 477 g/mol. The van der Waals surface area contributed by atoms with Gasteiger partial charge in [0, 0.05) is 18.5 Å². The summed E-state index contributed by atoms with van der Waals surface area (Å²) in [5, 5.41) is 5.58. The van der Waals surface area contributed by atoms with E-state index in [0.29, 0.717) is 36.6 Å². The zero-order valence-corrected chi connectivity index (χ0v) is 20.5. The largest absolute Gasteiger partial charge is 0.495 e. The van der Waals surface area contributed by atoms with Gasteiger partial charge in [0.2, 0.25) is 21.8 Å². The van der Waals surface area contributed by atoms with E-state index >= 15 is 0 Å². The van der Waals surface area contributed by atoms with Gasteiger partial charge in [-0.3, -0.25) is 9.59 Å². The van der Waals surface area contributed by atoms with Gasteiger partial charge in [0.1, 0.15) is 5.75 Å². The molecular formula is C24H35N3O5S. The normalized spacial score (nSPS) is 28.1. The van der Waals surface area contributed by atoms with Crippen LogP contribution in [0.4, 0.5) is 5.69 Å². The Morgan fingerprint density at radius 1 is 1.06 bits per heavy atom. The van der Waals surface area contributed by atoms with Crippen molar-refractivity contribution in [3.63, 3.8) is 0 Å². The maximum Gasteiger partial charge on any atom is 0.243 e. The minimum absolute atomic E-state index is 0.0124.